The van der Waals surface area contributed by atoms with E-state index in [4.69, 9.17) is 11.0 Å². The van der Waals surface area contributed by atoms with Crippen molar-refractivity contribution in [2.24, 2.45) is 5.73 Å². The summed E-state index contributed by atoms with van der Waals surface area (Å²) in [5.74, 6) is -0.919. The Morgan fingerprint density at radius 3 is 2.93 bits per heavy atom. The van der Waals surface area contributed by atoms with Crippen LogP contribution in [0.25, 0.3) is 0 Å². The van der Waals surface area contributed by atoms with Crippen LogP contribution in [0.2, 0.25) is 0 Å². The molecule has 0 unspecified atom stereocenters. The number of carbonyl (C=O) groups excluding carboxylic acids is 1. The molecule has 0 aliphatic heterocycles. The molecule has 0 bridgehead atoms. The first-order valence-corrected chi connectivity index (χ1v) is 4.31. The molecule has 0 spiro atoms. The third kappa shape index (κ3) is 3.37. The smallest absolute Gasteiger partial charge is 0.231 e. The lowest BCUT2D eigenvalue weighted by Gasteiger charge is -2.04. The molecular weight excluding hydrogens is 197 g/mol. The molecule has 0 radical (unpaired) electrons. The second-order valence-electron chi connectivity index (χ2n) is 2.99. The SMILES string of the molecule is N#Cc1ccc(F)c(CNCC(N)=O)c1. The van der Waals surface area contributed by atoms with E-state index in [2.05, 4.69) is 5.32 Å². The Kier molecular flexibility index (Phi) is 3.77. The van der Waals surface area contributed by atoms with Gasteiger partial charge in [-0.3, -0.25) is 4.79 Å². The highest BCUT2D eigenvalue weighted by Gasteiger charge is 2.03. The van der Waals surface area contributed by atoms with Crippen LogP contribution in [-0.4, -0.2) is 12.5 Å². The average Bonchev–Trinajstić information content (AvgIpc) is 2.20. The molecular formula is C10H10FN3O. The van der Waals surface area contributed by atoms with Gasteiger partial charge in [0.25, 0.3) is 0 Å². The number of halogens is 1. The van der Waals surface area contributed by atoms with Gasteiger partial charge >= 0.3 is 0 Å². The summed E-state index contributed by atoms with van der Waals surface area (Å²) in [6.07, 6.45) is 0. The number of benzene rings is 1. The molecule has 0 aromatic heterocycles. The molecule has 78 valence electrons. The van der Waals surface area contributed by atoms with E-state index in [-0.39, 0.29) is 13.1 Å². The molecule has 3 N–H and O–H groups in total. The van der Waals surface area contributed by atoms with Gasteiger partial charge in [-0.15, -0.1) is 0 Å². The van der Waals surface area contributed by atoms with Crippen LogP contribution < -0.4 is 11.1 Å². The minimum Gasteiger partial charge on any atom is -0.369 e. The van der Waals surface area contributed by atoms with Gasteiger partial charge in [-0.1, -0.05) is 0 Å². The van der Waals surface area contributed by atoms with E-state index in [0.717, 1.165) is 0 Å². The van der Waals surface area contributed by atoms with Gasteiger partial charge in [-0.25, -0.2) is 4.39 Å². The summed E-state index contributed by atoms with van der Waals surface area (Å²) >= 11 is 0. The molecule has 1 rings (SSSR count). The Hall–Kier alpha value is -1.93. The first-order valence-electron chi connectivity index (χ1n) is 4.31. The second kappa shape index (κ2) is 5.08. The number of nitriles is 1. The van der Waals surface area contributed by atoms with Crippen molar-refractivity contribution in [3.05, 3.63) is 35.1 Å². The van der Waals surface area contributed by atoms with Crippen LogP contribution in [0.1, 0.15) is 11.1 Å². The maximum absolute atomic E-state index is 13.2. The molecule has 0 saturated carbocycles. The average molecular weight is 207 g/mol. The highest BCUT2D eigenvalue weighted by molar-refractivity contribution is 5.75. The fourth-order valence-corrected chi connectivity index (χ4v) is 1.10. The molecule has 0 saturated heterocycles. The lowest BCUT2D eigenvalue weighted by Crippen LogP contribution is -2.28. The van der Waals surface area contributed by atoms with Gasteiger partial charge in [0.2, 0.25) is 5.91 Å². The van der Waals surface area contributed by atoms with Gasteiger partial charge in [-0.05, 0) is 18.2 Å². The molecule has 1 aromatic rings. The zero-order chi connectivity index (χ0) is 11.3. The van der Waals surface area contributed by atoms with E-state index >= 15 is 0 Å². The van der Waals surface area contributed by atoms with Crippen molar-refractivity contribution in [3.8, 4) is 6.07 Å². The van der Waals surface area contributed by atoms with E-state index in [0.29, 0.717) is 11.1 Å². The third-order valence-electron chi connectivity index (χ3n) is 1.79. The van der Waals surface area contributed by atoms with E-state index in [1.54, 1.807) is 0 Å². The number of hydrogen-bond acceptors (Lipinski definition) is 3. The first-order chi connectivity index (χ1) is 7.13. The molecule has 0 fully saturated rings. The quantitative estimate of drug-likeness (QED) is 0.743. The van der Waals surface area contributed by atoms with Crippen molar-refractivity contribution in [2.45, 2.75) is 6.54 Å². The van der Waals surface area contributed by atoms with Gasteiger partial charge in [-0.2, -0.15) is 5.26 Å². The summed E-state index contributed by atoms with van der Waals surface area (Å²) < 4.78 is 13.2. The number of nitrogens with zero attached hydrogens (tertiary/aromatic N) is 1. The summed E-state index contributed by atoms with van der Waals surface area (Å²) in [6.45, 7) is 0.153. The number of rotatable bonds is 4. The summed E-state index contributed by atoms with van der Waals surface area (Å²) in [4.78, 5) is 10.4. The minimum absolute atomic E-state index is 0.0176. The lowest BCUT2D eigenvalue weighted by molar-refractivity contribution is -0.117. The van der Waals surface area contributed by atoms with E-state index in [9.17, 15) is 9.18 Å². The predicted molar refractivity (Wildman–Crippen MR) is 52.0 cm³/mol. The number of amides is 1. The molecule has 15 heavy (non-hydrogen) atoms. The summed E-state index contributed by atoms with van der Waals surface area (Å²) in [5, 5.41) is 11.3. The topological polar surface area (TPSA) is 78.9 Å². The molecule has 5 heteroatoms. The maximum atomic E-state index is 13.2. The third-order valence-corrected chi connectivity index (χ3v) is 1.79. The van der Waals surface area contributed by atoms with Crippen LogP contribution in [0.4, 0.5) is 4.39 Å². The largest absolute Gasteiger partial charge is 0.369 e. The van der Waals surface area contributed by atoms with Crippen molar-refractivity contribution in [3.63, 3.8) is 0 Å². The molecule has 0 atom stereocenters. The summed E-state index contributed by atoms with van der Waals surface area (Å²) in [5.41, 5.74) is 5.63. The predicted octanol–water partition coefficient (Wildman–Crippen LogP) is 0.272. The highest BCUT2D eigenvalue weighted by atomic mass is 19.1. The first kappa shape index (κ1) is 11.1. The van der Waals surface area contributed by atoms with Crippen LogP contribution in [0.5, 0.6) is 0 Å². The molecule has 4 nitrogen and oxygen atoms in total. The van der Waals surface area contributed by atoms with Crippen LogP contribution in [-0.2, 0) is 11.3 Å². The van der Waals surface area contributed by atoms with E-state index in [1.807, 2.05) is 6.07 Å². The number of nitrogens with two attached hydrogens (primary N) is 1. The van der Waals surface area contributed by atoms with Crippen molar-refractivity contribution >= 4 is 5.91 Å². The van der Waals surface area contributed by atoms with Crippen LogP contribution in [0.15, 0.2) is 18.2 Å². The molecule has 0 aliphatic carbocycles. The van der Waals surface area contributed by atoms with Crippen LogP contribution in [0, 0.1) is 17.1 Å². The van der Waals surface area contributed by atoms with E-state index in [1.165, 1.54) is 18.2 Å². The van der Waals surface area contributed by atoms with Crippen molar-refractivity contribution < 1.29 is 9.18 Å². The Labute approximate surface area is 86.5 Å². The number of carbonyl (C=O) groups is 1. The van der Waals surface area contributed by atoms with Gasteiger partial charge in [0, 0.05) is 12.1 Å². The fourth-order valence-electron chi connectivity index (χ4n) is 1.10. The Bertz CT molecular complexity index is 412. The van der Waals surface area contributed by atoms with Gasteiger partial charge in [0.05, 0.1) is 18.2 Å². The highest BCUT2D eigenvalue weighted by Crippen LogP contribution is 2.09. The zero-order valence-electron chi connectivity index (χ0n) is 7.96. The molecule has 1 aromatic carbocycles. The Balaban J connectivity index is 2.68. The lowest BCUT2D eigenvalue weighted by atomic mass is 10.1. The van der Waals surface area contributed by atoms with Crippen molar-refractivity contribution in [1.82, 2.24) is 5.32 Å². The Morgan fingerprint density at radius 2 is 2.33 bits per heavy atom. The zero-order valence-corrected chi connectivity index (χ0v) is 7.96. The minimum atomic E-state index is -0.508. The molecule has 0 aliphatic rings. The normalized spacial score (nSPS) is 9.60. The van der Waals surface area contributed by atoms with Crippen LogP contribution >= 0.6 is 0 Å². The van der Waals surface area contributed by atoms with Crippen molar-refractivity contribution in [2.75, 3.05) is 6.54 Å². The maximum Gasteiger partial charge on any atom is 0.231 e. The standard InChI is InChI=1S/C10H10FN3O/c11-9-2-1-7(4-12)3-8(9)5-14-6-10(13)15/h1-3,14H,5-6H2,(H2,13,15). The monoisotopic (exact) mass is 207 g/mol. The summed E-state index contributed by atoms with van der Waals surface area (Å²) in [7, 11) is 0. The van der Waals surface area contributed by atoms with Gasteiger partial charge in [0.1, 0.15) is 5.82 Å². The second-order valence-corrected chi connectivity index (χ2v) is 2.99. The van der Waals surface area contributed by atoms with Crippen molar-refractivity contribution in [1.29, 1.82) is 5.26 Å². The van der Waals surface area contributed by atoms with Gasteiger partial charge < -0.3 is 11.1 Å². The summed E-state index contributed by atoms with van der Waals surface area (Å²) in [6, 6.07) is 5.96. The molecule has 1 amide bonds. The van der Waals surface area contributed by atoms with E-state index < -0.39 is 11.7 Å². The Morgan fingerprint density at radius 1 is 1.60 bits per heavy atom. The number of primary amides is 1. The number of hydrogen-bond donors (Lipinski definition) is 2. The fraction of sp³-hybridized carbons (Fsp3) is 0.200. The molecule has 0 heterocycles. The van der Waals surface area contributed by atoms with Crippen LogP contribution in [0.3, 0.4) is 0 Å². The number of nitrogens with one attached hydrogen (secondary N) is 1. The van der Waals surface area contributed by atoms with Gasteiger partial charge in [0.15, 0.2) is 0 Å².